The normalized spacial score (nSPS) is 7.74. The van der Waals surface area contributed by atoms with Crippen molar-refractivity contribution in [3.05, 3.63) is 117 Å². The van der Waals surface area contributed by atoms with Gasteiger partial charge in [-0.2, -0.15) is 10.5 Å². The van der Waals surface area contributed by atoms with Gasteiger partial charge in [0.1, 0.15) is 11.5 Å². The van der Waals surface area contributed by atoms with Crippen molar-refractivity contribution in [1.29, 1.82) is 10.5 Å². The van der Waals surface area contributed by atoms with Crippen LogP contribution in [0.5, 0.6) is 11.5 Å². The Hall–Kier alpha value is -6.04. The minimum absolute atomic E-state index is 0. The number of nitrogens with two attached hydrogens (primary N) is 2. The Morgan fingerprint density at radius 3 is 1.10 bits per heavy atom. The van der Waals surface area contributed by atoms with Crippen molar-refractivity contribution < 1.29 is 37.5 Å². The molecule has 6 N–H and O–H groups in total. The molecule has 0 unspecified atom stereocenters. The Balaban J connectivity index is -0.000000448. The fourth-order valence-electron chi connectivity index (χ4n) is 2.07. The van der Waals surface area contributed by atoms with Crippen molar-refractivity contribution in [3.63, 3.8) is 0 Å². The molecule has 19 heteroatoms. The molecule has 39 heavy (non-hydrogen) atoms. The summed E-state index contributed by atoms with van der Waals surface area (Å²) in [5, 5.41) is 61.8. The van der Waals surface area contributed by atoms with E-state index in [1.54, 1.807) is 49.3 Å². The van der Waals surface area contributed by atoms with Gasteiger partial charge in [-0.1, -0.05) is 0 Å². The van der Waals surface area contributed by atoms with E-state index < -0.39 is 10.2 Å². The molecule has 209 valence electrons. The summed E-state index contributed by atoms with van der Waals surface area (Å²) >= 11 is 0. The van der Waals surface area contributed by atoms with Crippen molar-refractivity contribution in [2.24, 2.45) is 11.5 Å². The van der Waals surface area contributed by atoms with E-state index in [2.05, 4.69) is 21.4 Å². The number of aromatic nitrogens is 4. The summed E-state index contributed by atoms with van der Waals surface area (Å²) in [6.45, 7) is 0. The monoisotopic (exact) mass is 591 g/mol. The van der Waals surface area contributed by atoms with Gasteiger partial charge in [-0.25, -0.2) is 9.97 Å². The molecule has 2 heterocycles. The molecule has 2 aromatic heterocycles. The quantitative estimate of drug-likeness (QED) is 0.0844. The van der Waals surface area contributed by atoms with Gasteiger partial charge in [0.05, 0.1) is 22.8 Å². The summed E-state index contributed by atoms with van der Waals surface area (Å²) < 4.78 is 3.75. The first-order valence-corrected chi connectivity index (χ1v) is 9.39. The van der Waals surface area contributed by atoms with Gasteiger partial charge < -0.3 is 61.5 Å². The summed E-state index contributed by atoms with van der Waals surface area (Å²) in [4.78, 5) is 24.3. The minimum atomic E-state index is -1.75. The van der Waals surface area contributed by atoms with Crippen LogP contribution in [0.1, 0.15) is 0 Å². The molecule has 2 aromatic carbocycles. The van der Waals surface area contributed by atoms with Crippen LogP contribution in [0.25, 0.3) is 11.4 Å². The van der Waals surface area contributed by atoms with Gasteiger partial charge in [-0.05, 0) is 48.5 Å². The Morgan fingerprint density at radius 2 is 0.923 bits per heavy atom. The SMILES string of the molecule is N#CN.N#CN.O=[N+]([O-])[O-].O=[N+]([O-])[O-].Oc1ccc(-n2ccnc2)cc1.Oc1ccc(-n2ccnc2)cc1.[Cu+2]. The summed E-state index contributed by atoms with van der Waals surface area (Å²) in [6, 6.07) is 13.9. The van der Waals surface area contributed by atoms with Crippen LogP contribution in [0, 0.1) is 53.6 Å². The number of rotatable bonds is 2. The third-order valence-electron chi connectivity index (χ3n) is 3.30. The fraction of sp³-hybridized carbons (Fsp3) is 0. The predicted octanol–water partition coefficient (Wildman–Crippen LogP) is 1.53. The van der Waals surface area contributed by atoms with Crippen LogP contribution >= 0.6 is 0 Å². The summed E-state index contributed by atoms with van der Waals surface area (Å²) in [5.41, 5.74) is 10.3. The van der Waals surface area contributed by atoms with Gasteiger partial charge in [0, 0.05) is 36.2 Å². The Labute approximate surface area is 230 Å². The predicted molar refractivity (Wildman–Crippen MR) is 131 cm³/mol. The largest absolute Gasteiger partial charge is 2.00 e. The molecule has 0 aliphatic heterocycles. The average molecular weight is 592 g/mol. The van der Waals surface area contributed by atoms with E-state index in [-0.39, 0.29) is 28.6 Å². The number of benzene rings is 2. The average Bonchev–Trinajstić information content (AvgIpc) is 3.56. The smallest absolute Gasteiger partial charge is 0.508 e. The zero-order valence-electron chi connectivity index (χ0n) is 19.5. The molecule has 1 radical (unpaired) electrons. The van der Waals surface area contributed by atoms with Gasteiger partial charge in [-0.15, -0.1) is 0 Å². The van der Waals surface area contributed by atoms with E-state index in [1.165, 1.54) is 12.4 Å². The van der Waals surface area contributed by atoms with Crippen LogP contribution in [-0.4, -0.2) is 39.5 Å². The molecular weight excluding hydrogens is 572 g/mol. The van der Waals surface area contributed by atoms with E-state index in [9.17, 15) is 0 Å². The second-order valence-electron chi connectivity index (χ2n) is 5.68. The molecule has 0 saturated carbocycles. The molecule has 4 rings (SSSR count). The van der Waals surface area contributed by atoms with E-state index in [0.717, 1.165) is 11.4 Å². The maximum absolute atomic E-state index is 9.03. The molecule has 0 spiro atoms. The first-order valence-electron chi connectivity index (χ1n) is 9.39. The van der Waals surface area contributed by atoms with Crippen LogP contribution < -0.4 is 11.5 Å². The minimum Gasteiger partial charge on any atom is -0.508 e. The molecule has 0 bridgehead atoms. The third kappa shape index (κ3) is 22.2. The van der Waals surface area contributed by atoms with Crippen LogP contribution in [0.2, 0.25) is 0 Å². The van der Waals surface area contributed by atoms with E-state index >= 15 is 0 Å². The zero-order chi connectivity index (χ0) is 29.3. The number of aromatic hydroxyl groups is 2. The third-order valence-corrected chi connectivity index (χ3v) is 3.30. The second-order valence-corrected chi connectivity index (χ2v) is 5.68. The van der Waals surface area contributed by atoms with E-state index in [4.69, 9.17) is 51.4 Å². The number of nitrogens with zero attached hydrogens (tertiary/aromatic N) is 8. The molecule has 0 aliphatic rings. The summed E-state index contributed by atoms with van der Waals surface area (Å²) in [6.07, 6.45) is 13.1. The maximum Gasteiger partial charge on any atom is 2.00 e. The Morgan fingerprint density at radius 1 is 0.692 bits per heavy atom. The zero-order valence-corrected chi connectivity index (χ0v) is 20.4. The molecular formula is C20H20CuN10O8. The van der Waals surface area contributed by atoms with E-state index in [1.807, 2.05) is 45.8 Å². The van der Waals surface area contributed by atoms with Gasteiger partial charge in [-0.3, -0.25) is 0 Å². The number of hydrogen-bond acceptors (Lipinski definition) is 14. The van der Waals surface area contributed by atoms with Crippen molar-refractivity contribution >= 4 is 0 Å². The molecule has 0 atom stereocenters. The standard InChI is InChI=1S/2C9H8N2O.2CH2N2.Cu.2NO3/c2*12-9-3-1-8(2-4-9)11-6-5-10-7-11;2*2-1-3;;2*2-1(3)4/h2*1-7,12H;2*2H2;;;/q;;;;+2;2*-1. The van der Waals surface area contributed by atoms with Crippen molar-refractivity contribution in [3.8, 4) is 35.3 Å². The van der Waals surface area contributed by atoms with Crippen LogP contribution in [0.3, 0.4) is 0 Å². The summed E-state index contributed by atoms with van der Waals surface area (Å²) in [5.74, 6) is 0.553. The Bertz CT molecular complexity index is 1130. The van der Waals surface area contributed by atoms with Gasteiger partial charge in [0.15, 0.2) is 12.4 Å². The fourth-order valence-corrected chi connectivity index (χ4v) is 2.07. The van der Waals surface area contributed by atoms with E-state index in [0.29, 0.717) is 0 Å². The summed E-state index contributed by atoms with van der Waals surface area (Å²) in [7, 11) is 0. The van der Waals surface area contributed by atoms with Crippen molar-refractivity contribution in [1.82, 2.24) is 19.1 Å². The second kappa shape index (κ2) is 23.7. The molecule has 0 amide bonds. The molecule has 0 aliphatic carbocycles. The topological polar surface area (TPSA) is 308 Å². The number of hydrogen-bond donors (Lipinski definition) is 4. The number of phenols is 2. The maximum atomic E-state index is 9.03. The Kier molecular flexibility index (Phi) is 22.8. The molecule has 0 fully saturated rings. The number of imidazole rings is 2. The molecule has 4 aromatic rings. The first-order chi connectivity index (χ1) is 18.0. The molecule has 18 nitrogen and oxygen atoms in total. The van der Waals surface area contributed by atoms with Gasteiger partial charge in [0.2, 0.25) is 0 Å². The van der Waals surface area contributed by atoms with Gasteiger partial charge >= 0.3 is 17.1 Å². The van der Waals surface area contributed by atoms with Gasteiger partial charge in [0.25, 0.3) is 0 Å². The number of phenolic OH excluding ortho intramolecular Hbond substituents is 2. The van der Waals surface area contributed by atoms with Crippen molar-refractivity contribution in [2.75, 3.05) is 0 Å². The van der Waals surface area contributed by atoms with Crippen LogP contribution in [0.15, 0.2) is 86.0 Å². The molecule has 0 saturated heterocycles. The van der Waals surface area contributed by atoms with Crippen molar-refractivity contribution in [2.45, 2.75) is 0 Å². The first kappa shape index (κ1) is 37.5. The van der Waals surface area contributed by atoms with Crippen LogP contribution in [-0.2, 0) is 17.1 Å². The van der Waals surface area contributed by atoms with Crippen LogP contribution in [0.4, 0.5) is 0 Å². The number of nitriles is 2.